The maximum absolute atomic E-state index is 12.1. The van der Waals surface area contributed by atoms with E-state index in [-0.39, 0.29) is 18.4 Å². The zero-order valence-corrected chi connectivity index (χ0v) is 11.9. The van der Waals surface area contributed by atoms with Crippen molar-refractivity contribution in [2.24, 2.45) is 5.92 Å². The number of carbonyl (C=O) groups excluding carboxylic acids is 1. The lowest BCUT2D eigenvalue weighted by molar-refractivity contribution is -0.131. The Hall–Kier alpha value is -0.910. The summed E-state index contributed by atoms with van der Waals surface area (Å²) in [5, 5.41) is 11.3. The van der Waals surface area contributed by atoms with Gasteiger partial charge in [0, 0.05) is 36.9 Å². The highest BCUT2D eigenvalue weighted by atomic mass is 32.1. The van der Waals surface area contributed by atoms with Crippen LogP contribution >= 0.6 is 11.3 Å². The molecule has 1 aliphatic rings. The number of carbonyl (C=O) groups is 1. The molecule has 5 heteroatoms. The average molecular weight is 283 g/mol. The summed E-state index contributed by atoms with van der Waals surface area (Å²) in [6, 6.07) is 4.15. The molecule has 0 saturated carbocycles. The molecule has 4 nitrogen and oxygen atoms in total. The van der Waals surface area contributed by atoms with Crippen LogP contribution in [-0.4, -0.2) is 48.8 Å². The van der Waals surface area contributed by atoms with Gasteiger partial charge < -0.3 is 14.7 Å². The van der Waals surface area contributed by atoms with E-state index in [1.165, 1.54) is 4.88 Å². The van der Waals surface area contributed by atoms with Crippen LogP contribution in [0.4, 0.5) is 0 Å². The molecule has 19 heavy (non-hydrogen) atoms. The van der Waals surface area contributed by atoms with Crippen molar-refractivity contribution < 1.29 is 14.6 Å². The summed E-state index contributed by atoms with van der Waals surface area (Å²) in [4.78, 5) is 15.3. The van der Waals surface area contributed by atoms with Crippen LogP contribution < -0.4 is 0 Å². The molecule has 0 spiro atoms. The first kappa shape index (κ1) is 14.5. The van der Waals surface area contributed by atoms with Crippen LogP contribution in [0.2, 0.25) is 0 Å². The Morgan fingerprint density at radius 1 is 1.58 bits per heavy atom. The van der Waals surface area contributed by atoms with Gasteiger partial charge >= 0.3 is 0 Å². The van der Waals surface area contributed by atoms with Crippen LogP contribution in [0.25, 0.3) is 0 Å². The summed E-state index contributed by atoms with van der Waals surface area (Å²) < 4.78 is 5.39. The minimum absolute atomic E-state index is 0.0590. The summed E-state index contributed by atoms with van der Waals surface area (Å²) in [7, 11) is 0. The van der Waals surface area contributed by atoms with Gasteiger partial charge in [-0.2, -0.15) is 0 Å². The van der Waals surface area contributed by atoms with Gasteiger partial charge in [0.1, 0.15) is 0 Å². The largest absolute Gasteiger partial charge is 0.396 e. The highest BCUT2D eigenvalue weighted by Gasteiger charge is 2.21. The number of rotatable bonds is 5. The standard InChI is InChI=1S/C14H21NO3S/c16-10-12-9-15(6-7-18-11-12)14(17)5-1-3-13-4-2-8-19-13/h2,4,8,12,16H,1,3,5-7,9-11H2/t12-/m0/s1. The Labute approximate surface area is 118 Å². The number of hydrogen-bond acceptors (Lipinski definition) is 4. The normalized spacial score (nSPS) is 20.3. The number of amides is 1. The van der Waals surface area contributed by atoms with Gasteiger partial charge in [0.25, 0.3) is 0 Å². The van der Waals surface area contributed by atoms with E-state index in [0.29, 0.717) is 32.7 Å². The molecule has 0 unspecified atom stereocenters. The molecule has 2 heterocycles. The molecule has 1 aromatic rings. The fourth-order valence-corrected chi connectivity index (χ4v) is 3.00. The third-order valence-corrected chi connectivity index (χ3v) is 4.28. The number of aliphatic hydroxyl groups excluding tert-OH is 1. The van der Waals surface area contributed by atoms with E-state index in [9.17, 15) is 9.90 Å². The molecule has 0 aliphatic carbocycles. The molecule has 1 aliphatic heterocycles. The van der Waals surface area contributed by atoms with E-state index in [0.717, 1.165) is 12.8 Å². The highest BCUT2D eigenvalue weighted by molar-refractivity contribution is 7.09. The summed E-state index contributed by atoms with van der Waals surface area (Å²) in [6.45, 7) is 2.48. The van der Waals surface area contributed by atoms with E-state index in [1.54, 1.807) is 11.3 Å². The topological polar surface area (TPSA) is 49.8 Å². The first-order valence-electron chi connectivity index (χ1n) is 6.78. The number of thiophene rings is 1. The zero-order valence-electron chi connectivity index (χ0n) is 11.1. The molecule has 1 amide bonds. The smallest absolute Gasteiger partial charge is 0.222 e. The van der Waals surface area contributed by atoms with Crippen LogP contribution in [0.1, 0.15) is 17.7 Å². The van der Waals surface area contributed by atoms with Gasteiger partial charge in [-0.05, 0) is 24.3 Å². The van der Waals surface area contributed by atoms with Crippen LogP contribution in [0, 0.1) is 5.92 Å². The Morgan fingerprint density at radius 2 is 2.47 bits per heavy atom. The zero-order chi connectivity index (χ0) is 13.5. The van der Waals surface area contributed by atoms with E-state index in [2.05, 4.69) is 11.4 Å². The number of nitrogens with zero attached hydrogens (tertiary/aromatic N) is 1. The van der Waals surface area contributed by atoms with Crippen molar-refractivity contribution in [2.75, 3.05) is 32.9 Å². The van der Waals surface area contributed by atoms with Gasteiger partial charge in [-0.15, -0.1) is 11.3 Å². The predicted molar refractivity (Wildman–Crippen MR) is 75.2 cm³/mol. The fraction of sp³-hybridized carbons (Fsp3) is 0.643. The van der Waals surface area contributed by atoms with Gasteiger partial charge in [0.05, 0.1) is 13.2 Å². The Balaban J connectivity index is 1.75. The monoisotopic (exact) mass is 283 g/mol. The van der Waals surface area contributed by atoms with Crippen LogP contribution in [0.15, 0.2) is 17.5 Å². The maximum Gasteiger partial charge on any atom is 0.222 e. The van der Waals surface area contributed by atoms with E-state index in [1.807, 2.05) is 11.0 Å². The molecule has 1 atom stereocenters. The maximum atomic E-state index is 12.1. The molecule has 1 saturated heterocycles. The molecule has 0 radical (unpaired) electrons. The van der Waals surface area contributed by atoms with E-state index >= 15 is 0 Å². The van der Waals surface area contributed by atoms with Crippen molar-refractivity contribution in [3.63, 3.8) is 0 Å². The molecule has 1 fully saturated rings. The van der Waals surface area contributed by atoms with Gasteiger partial charge in [-0.3, -0.25) is 4.79 Å². The molecule has 0 bridgehead atoms. The molecule has 1 N–H and O–H groups in total. The molecular weight excluding hydrogens is 262 g/mol. The Kier molecular flexibility index (Phi) is 5.82. The first-order chi connectivity index (χ1) is 9.29. The van der Waals surface area contributed by atoms with Crippen molar-refractivity contribution in [3.05, 3.63) is 22.4 Å². The Morgan fingerprint density at radius 3 is 3.21 bits per heavy atom. The third kappa shape index (κ3) is 4.60. The molecule has 0 aromatic carbocycles. The lowest BCUT2D eigenvalue weighted by Gasteiger charge is -2.22. The third-order valence-electron chi connectivity index (χ3n) is 3.34. The summed E-state index contributed by atoms with van der Waals surface area (Å²) in [5.41, 5.74) is 0. The molecule has 2 rings (SSSR count). The van der Waals surface area contributed by atoms with Gasteiger partial charge in [-0.25, -0.2) is 0 Å². The Bertz CT molecular complexity index is 380. The van der Waals surface area contributed by atoms with Gasteiger partial charge in [-0.1, -0.05) is 6.07 Å². The fourth-order valence-electron chi connectivity index (χ4n) is 2.24. The van der Waals surface area contributed by atoms with Crippen molar-refractivity contribution in [2.45, 2.75) is 19.3 Å². The number of ether oxygens (including phenoxy) is 1. The summed E-state index contributed by atoms with van der Waals surface area (Å²) >= 11 is 1.74. The highest BCUT2D eigenvalue weighted by Crippen LogP contribution is 2.14. The van der Waals surface area contributed by atoms with Crippen LogP contribution in [0.3, 0.4) is 0 Å². The predicted octanol–water partition coefficient (Wildman–Crippen LogP) is 1.54. The SMILES string of the molecule is O=C(CCCc1cccs1)N1CCOC[C@H](CO)C1. The summed E-state index contributed by atoms with van der Waals surface area (Å²) in [6.07, 6.45) is 2.44. The number of aliphatic hydroxyl groups is 1. The minimum Gasteiger partial charge on any atom is -0.396 e. The molecule has 106 valence electrons. The van der Waals surface area contributed by atoms with Gasteiger partial charge in [0.15, 0.2) is 0 Å². The van der Waals surface area contributed by atoms with Crippen LogP contribution in [-0.2, 0) is 16.0 Å². The number of aryl methyl sites for hydroxylation is 1. The lowest BCUT2D eigenvalue weighted by atomic mass is 10.1. The van der Waals surface area contributed by atoms with Gasteiger partial charge in [0.2, 0.25) is 5.91 Å². The van der Waals surface area contributed by atoms with Crippen molar-refractivity contribution >= 4 is 17.2 Å². The quantitative estimate of drug-likeness (QED) is 0.892. The number of hydrogen-bond donors (Lipinski definition) is 1. The van der Waals surface area contributed by atoms with Crippen LogP contribution in [0.5, 0.6) is 0 Å². The van der Waals surface area contributed by atoms with E-state index in [4.69, 9.17) is 4.74 Å². The second kappa shape index (κ2) is 7.62. The second-order valence-corrected chi connectivity index (χ2v) is 5.93. The lowest BCUT2D eigenvalue weighted by Crippen LogP contribution is -2.36. The van der Waals surface area contributed by atoms with Crippen molar-refractivity contribution in [3.8, 4) is 0 Å². The second-order valence-electron chi connectivity index (χ2n) is 4.90. The van der Waals surface area contributed by atoms with E-state index < -0.39 is 0 Å². The molecular formula is C14H21NO3S. The van der Waals surface area contributed by atoms with Crippen molar-refractivity contribution in [1.29, 1.82) is 0 Å². The minimum atomic E-state index is 0.0590. The first-order valence-corrected chi connectivity index (χ1v) is 7.66. The average Bonchev–Trinajstić information content (AvgIpc) is 2.81. The van der Waals surface area contributed by atoms with Crippen molar-refractivity contribution in [1.82, 2.24) is 4.90 Å². The molecule has 1 aromatic heterocycles. The summed E-state index contributed by atoms with van der Waals surface area (Å²) in [5.74, 6) is 0.240.